The largest absolute Gasteiger partial charge is 0.376 e. The normalized spacial score (nSPS) is 26.6. The maximum absolute atomic E-state index is 14.0. The van der Waals surface area contributed by atoms with E-state index >= 15 is 0 Å². The van der Waals surface area contributed by atoms with Crippen molar-refractivity contribution < 1.29 is 13.6 Å². The number of nitrogens with one attached hydrogen (secondary N) is 2. The van der Waals surface area contributed by atoms with Gasteiger partial charge in [-0.3, -0.25) is 4.79 Å². The Morgan fingerprint density at radius 3 is 2.80 bits per heavy atom. The van der Waals surface area contributed by atoms with Crippen molar-refractivity contribution in [2.24, 2.45) is 0 Å². The highest BCUT2D eigenvalue weighted by Gasteiger charge is 2.39. The molecule has 3 rings (SSSR count). The summed E-state index contributed by atoms with van der Waals surface area (Å²) in [6.45, 7) is 1.79. The van der Waals surface area contributed by atoms with Crippen molar-refractivity contribution in [3.05, 3.63) is 29.3 Å². The minimum atomic E-state index is -0.702. The highest BCUT2D eigenvalue weighted by molar-refractivity contribution is 6.04. The van der Waals surface area contributed by atoms with Crippen LogP contribution in [0.4, 0.5) is 14.5 Å². The van der Waals surface area contributed by atoms with Crippen LogP contribution < -0.4 is 10.6 Å². The van der Waals surface area contributed by atoms with E-state index in [9.17, 15) is 13.6 Å². The molecule has 1 aromatic carbocycles. The maximum Gasteiger partial charge on any atom is 0.167 e. The molecule has 108 valence electrons. The standard InChI is InChI=1S/C15H18F2N2O/c16-10-7-11-13(20)9-15(19-14(11)12(17)8-10)3-1-2-5-18-6-4-15/h7-8,18-19H,1-6,9H2. The Kier molecular flexibility index (Phi) is 3.46. The molecule has 2 heterocycles. The Hall–Kier alpha value is -1.49. The van der Waals surface area contributed by atoms with E-state index in [-0.39, 0.29) is 17.0 Å². The number of Topliss-reactive ketones (excluding diaryl/α,β-unsaturated/α-hetero) is 1. The fourth-order valence-corrected chi connectivity index (χ4v) is 3.23. The first-order valence-corrected chi connectivity index (χ1v) is 7.11. The number of rotatable bonds is 0. The highest BCUT2D eigenvalue weighted by Crippen LogP contribution is 2.38. The lowest BCUT2D eigenvalue weighted by Gasteiger charge is -2.40. The molecule has 0 radical (unpaired) electrons. The summed E-state index contributed by atoms with van der Waals surface area (Å²) in [6, 6.07) is 1.96. The third kappa shape index (κ3) is 2.42. The van der Waals surface area contributed by atoms with Crippen molar-refractivity contribution in [2.45, 2.75) is 37.6 Å². The van der Waals surface area contributed by atoms with Crippen LogP contribution in [0.5, 0.6) is 0 Å². The summed E-state index contributed by atoms with van der Waals surface area (Å²) in [5.41, 5.74) is -0.0812. The van der Waals surface area contributed by atoms with Crippen LogP contribution in [0.15, 0.2) is 12.1 Å². The van der Waals surface area contributed by atoms with Crippen LogP contribution in [-0.4, -0.2) is 24.4 Å². The second-order valence-electron chi connectivity index (χ2n) is 5.77. The van der Waals surface area contributed by atoms with E-state index in [0.717, 1.165) is 50.9 Å². The Morgan fingerprint density at radius 2 is 1.95 bits per heavy atom. The van der Waals surface area contributed by atoms with Gasteiger partial charge in [-0.1, -0.05) is 0 Å². The topological polar surface area (TPSA) is 41.1 Å². The monoisotopic (exact) mass is 280 g/mol. The van der Waals surface area contributed by atoms with Crippen LogP contribution >= 0.6 is 0 Å². The summed E-state index contributed by atoms with van der Waals surface area (Å²) in [5.74, 6) is -1.55. The maximum atomic E-state index is 14.0. The number of hydrogen-bond donors (Lipinski definition) is 2. The SMILES string of the molecule is O=C1CC2(CCCCNCC2)Nc2c(F)cc(F)cc21. The number of benzene rings is 1. The van der Waals surface area contributed by atoms with Gasteiger partial charge in [0.1, 0.15) is 11.6 Å². The van der Waals surface area contributed by atoms with E-state index in [2.05, 4.69) is 10.6 Å². The first-order chi connectivity index (χ1) is 9.60. The Balaban J connectivity index is 1.96. The van der Waals surface area contributed by atoms with E-state index < -0.39 is 17.2 Å². The smallest absolute Gasteiger partial charge is 0.167 e. The predicted molar refractivity (Wildman–Crippen MR) is 73.0 cm³/mol. The average Bonchev–Trinajstić information content (AvgIpc) is 2.36. The zero-order valence-corrected chi connectivity index (χ0v) is 11.3. The molecule has 3 nitrogen and oxygen atoms in total. The number of carbonyl (C=O) groups is 1. The minimum Gasteiger partial charge on any atom is -0.376 e. The molecule has 0 aliphatic carbocycles. The van der Waals surface area contributed by atoms with Crippen LogP contribution in [0.2, 0.25) is 0 Å². The van der Waals surface area contributed by atoms with Crippen LogP contribution in [0.1, 0.15) is 42.5 Å². The molecule has 2 aliphatic heterocycles. The Labute approximate surface area is 116 Å². The number of carbonyl (C=O) groups excluding carboxylic acids is 1. The molecule has 2 N–H and O–H groups in total. The van der Waals surface area contributed by atoms with Gasteiger partial charge in [0, 0.05) is 23.6 Å². The van der Waals surface area contributed by atoms with Gasteiger partial charge >= 0.3 is 0 Å². The Bertz CT molecular complexity index is 537. The van der Waals surface area contributed by atoms with Gasteiger partial charge in [0.2, 0.25) is 0 Å². The Morgan fingerprint density at radius 1 is 1.10 bits per heavy atom. The number of hydrogen-bond acceptors (Lipinski definition) is 3. The number of halogens is 2. The van der Waals surface area contributed by atoms with E-state index in [1.807, 2.05) is 0 Å². The zero-order chi connectivity index (χ0) is 14.2. The summed E-state index contributed by atoms with van der Waals surface area (Å²) in [5, 5.41) is 6.52. The van der Waals surface area contributed by atoms with Gasteiger partial charge in [-0.05, 0) is 44.8 Å². The number of anilines is 1. The molecule has 1 atom stereocenters. The predicted octanol–water partition coefficient (Wildman–Crippen LogP) is 2.87. The zero-order valence-electron chi connectivity index (χ0n) is 11.3. The van der Waals surface area contributed by atoms with Gasteiger partial charge in [0.15, 0.2) is 5.78 Å². The van der Waals surface area contributed by atoms with E-state index in [1.54, 1.807) is 0 Å². The van der Waals surface area contributed by atoms with E-state index in [1.165, 1.54) is 0 Å². The second-order valence-corrected chi connectivity index (χ2v) is 5.77. The molecular weight excluding hydrogens is 262 g/mol. The van der Waals surface area contributed by atoms with Crippen molar-refractivity contribution in [3.63, 3.8) is 0 Å². The third-order valence-electron chi connectivity index (χ3n) is 4.28. The summed E-state index contributed by atoms with van der Waals surface area (Å²) < 4.78 is 27.2. The van der Waals surface area contributed by atoms with Crippen molar-refractivity contribution in [1.82, 2.24) is 5.32 Å². The van der Waals surface area contributed by atoms with Crippen LogP contribution in [0.25, 0.3) is 0 Å². The summed E-state index contributed by atoms with van der Waals surface area (Å²) >= 11 is 0. The fourth-order valence-electron chi connectivity index (χ4n) is 3.23. The van der Waals surface area contributed by atoms with Gasteiger partial charge in [0.25, 0.3) is 0 Å². The molecule has 1 fully saturated rings. The minimum absolute atomic E-state index is 0.142. The fraction of sp³-hybridized carbons (Fsp3) is 0.533. The molecule has 0 amide bonds. The van der Waals surface area contributed by atoms with Crippen LogP contribution in [0.3, 0.4) is 0 Å². The first-order valence-electron chi connectivity index (χ1n) is 7.11. The highest BCUT2D eigenvalue weighted by atomic mass is 19.1. The lowest BCUT2D eigenvalue weighted by atomic mass is 9.78. The molecule has 20 heavy (non-hydrogen) atoms. The second kappa shape index (κ2) is 5.13. The summed E-state index contributed by atoms with van der Waals surface area (Å²) in [7, 11) is 0. The number of fused-ring (bicyclic) bond motifs is 1. The first kappa shape index (κ1) is 13.5. The van der Waals surface area contributed by atoms with Gasteiger partial charge in [-0.25, -0.2) is 8.78 Å². The van der Waals surface area contributed by atoms with Gasteiger partial charge < -0.3 is 10.6 Å². The molecule has 0 aromatic heterocycles. The summed E-state index contributed by atoms with van der Waals surface area (Å²) in [4.78, 5) is 12.3. The molecule has 2 aliphatic rings. The number of ketones is 1. The summed E-state index contributed by atoms with van der Waals surface area (Å²) in [6.07, 6.45) is 3.97. The van der Waals surface area contributed by atoms with Crippen molar-refractivity contribution in [1.29, 1.82) is 0 Å². The van der Waals surface area contributed by atoms with Crippen molar-refractivity contribution >= 4 is 11.5 Å². The third-order valence-corrected chi connectivity index (χ3v) is 4.28. The molecule has 5 heteroatoms. The molecule has 1 aromatic rings. The quantitative estimate of drug-likeness (QED) is 0.768. The van der Waals surface area contributed by atoms with Crippen LogP contribution in [-0.2, 0) is 0 Å². The lowest BCUT2D eigenvalue weighted by Crippen LogP contribution is -2.47. The van der Waals surface area contributed by atoms with Crippen LogP contribution in [0, 0.1) is 11.6 Å². The molecule has 0 bridgehead atoms. The van der Waals surface area contributed by atoms with E-state index in [0.29, 0.717) is 6.42 Å². The van der Waals surface area contributed by atoms with Gasteiger partial charge in [0.05, 0.1) is 5.69 Å². The van der Waals surface area contributed by atoms with Gasteiger partial charge in [-0.2, -0.15) is 0 Å². The average molecular weight is 280 g/mol. The molecule has 1 saturated heterocycles. The lowest BCUT2D eigenvalue weighted by molar-refractivity contribution is 0.0939. The van der Waals surface area contributed by atoms with Crippen molar-refractivity contribution in [3.8, 4) is 0 Å². The molecule has 0 saturated carbocycles. The molecule has 1 unspecified atom stereocenters. The van der Waals surface area contributed by atoms with Crippen molar-refractivity contribution in [2.75, 3.05) is 18.4 Å². The van der Waals surface area contributed by atoms with E-state index in [4.69, 9.17) is 0 Å². The van der Waals surface area contributed by atoms with Gasteiger partial charge in [-0.15, -0.1) is 0 Å². The molecule has 1 spiro atoms. The molecular formula is C15H18F2N2O.